The summed E-state index contributed by atoms with van der Waals surface area (Å²) in [5.74, 6) is -0.783. The van der Waals surface area contributed by atoms with Gasteiger partial charge in [-0.15, -0.1) is 0 Å². The van der Waals surface area contributed by atoms with Crippen molar-refractivity contribution in [2.24, 2.45) is 5.11 Å². The summed E-state index contributed by atoms with van der Waals surface area (Å²) in [4.78, 5) is 28.3. The molecule has 2 rings (SSSR count). The van der Waals surface area contributed by atoms with Crippen molar-refractivity contribution >= 4 is 23.6 Å². The number of methoxy groups -OCH3 is 2. The van der Waals surface area contributed by atoms with Gasteiger partial charge in [0.25, 0.3) is 11.8 Å². The molecule has 0 atom stereocenters. The molecule has 0 saturated carbocycles. The third-order valence-electron chi connectivity index (χ3n) is 4.78. The van der Waals surface area contributed by atoms with E-state index in [1.54, 1.807) is 68.8 Å². The number of hydrogen-bond donors (Lipinski definition) is 2. The summed E-state index contributed by atoms with van der Waals surface area (Å²) < 4.78 is 10.3. The van der Waals surface area contributed by atoms with Gasteiger partial charge in [0.2, 0.25) is 0 Å². The van der Waals surface area contributed by atoms with E-state index in [1.165, 1.54) is 0 Å². The second-order valence-electron chi connectivity index (χ2n) is 7.35. The van der Waals surface area contributed by atoms with Gasteiger partial charge >= 0.3 is 0 Å². The highest BCUT2D eigenvalue weighted by molar-refractivity contribution is 6.03. The van der Waals surface area contributed by atoms with Gasteiger partial charge in [0.05, 0.1) is 0 Å². The summed E-state index contributed by atoms with van der Waals surface area (Å²) in [6.07, 6.45) is 4.39. The Kier molecular flexibility index (Phi) is 11.1. The Balaban J connectivity index is 2.17. The van der Waals surface area contributed by atoms with Crippen LogP contribution in [0.25, 0.3) is 16.5 Å². The van der Waals surface area contributed by atoms with Gasteiger partial charge in [0, 0.05) is 43.3 Å². The number of allylic oxidation sites excluding steroid dienone is 2. The molecule has 2 aromatic rings. The fourth-order valence-electron chi connectivity index (χ4n) is 3.06. The fourth-order valence-corrected chi connectivity index (χ4v) is 3.06. The summed E-state index contributed by atoms with van der Waals surface area (Å²) in [5, 5.41) is 9.09. The van der Waals surface area contributed by atoms with Crippen molar-refractivity contribution in [3.8, 4) is 0 Å². The second-order valence-corrected chi connectivity index (χ2v) is 7.35. The van der Waals surface area contributed by atoms with E-state index in [4.69, 9.17) is 15.0 Å². The number of rotatable bonds is 12. The lowest BCUT2D eigenvalue weighted by atomic mass is 10.1. The first-order chi connectivity index (χ1) is 16.5. The van der Waals surface area contributed by atoms with Gasteiger partial charge in [0.15, 0.2) is 6.29 Å². The number of amides is 2. The number of hydrogen-bond acceptors (Lipinski definition) is 5. The molecule has 2 N–H and O–H groups in total. The summed E-state index contributed by atoms with van der Waals surface area (Å²) in [5.41, 5.74) is 11.2. The van der Waals surface area contributed by atoms with Gasteiger partial charge in [-0.2, -0.15) is 0 Å². The van der Waals surface area contributed by atoms with Crippen molar-refractivity contribution in [2.75, 3.05) is 20.8 Å². The third kappa shape index (κ3) is 8.91. The van der Waals surface area contributed by atoms with E-state index >= 15 is 0 Å². The van der Waals surface area contributed by atoms with Crippen molar-refractivity contribution < 1.29 is 19.1 Å². The molecular weight excluding hydrogens is 434 g/mol. The van der Waals surface area contributed by atoms with Crippen LogP contribution in [0.15, 0.2) is 77.1 Å². The molecule has 2 amide bonds. The number of nitrogens with one attached hydrogen (secondary N) is 2. The van der Waals surface area contributed by atoms with Gasteiger partial charge in [-0.3, -0.25) is 9.59 Å². The SMILES string of the molecule is COC(CCCNC(=O)C(=CC(C)=Cc1ccc(N=[N+]=[N-])cc1)NC(=O)c1ccccc1)OC. The Morgan fingerprint density at radius 2 is 1.76 bits per heavy atom. The molecule has 34 heavy (non-hydrogen) atoms. The molecule has 0 fully saturated rings. The van der Waals surface area contributed by atoms with Gasteiger partial charge in [-0.05, 0) is 48.2 Å². The van der Waals surface area contributed by atoms with E-state index in [-0.39, 0.29) is 17.9 Å². The first-order valence-electron chi connectivity index (χ1n) is 10.7. The molecule has 9 nitrogen and oxygen atoms in total. The lowest BCUT2D eigenvalue weighted by Gasteiger charge is -2.14. The average Bonchev–Trinajstić information content (AvgIpc) is 2.85. The zero-order chi connectivity index (χ0) is 24.8. The Hall–Kier alpha value is -3.91. The van der Waals surface area contributed by atoms with Crippen LogP contribution in [0.1, 0.15) is 35.7 Å². The summed E-state index contributed by atoms with van der Waals surface area (Å²) in [7, 11) is 3.12. The van der Waals surface area contributed by atoms with E-state index in [0.29, 0.717) is 30.6 Å². The fraction of sp³-hybridized carbons (Fsp3) is 0.280. The van der Waals surface area contributed by atoms with Crippen molar-refractivity contribution in [3.63, 3.8) is 0 Å². The predicted octanol–water partition coefficient (Wildman–Crippen LogP) is 4.86. The number of carbonyl (C=O) groups is 2. The Bertz CT molecular complexity index is 1050. The average molecular weight is 464 g/mol. The highest BCUT2D eigenvalue weighted by Gasteiger charge is 2.14. The van der Waals surface area contributed by atoms with Gasteiger partial charge in [0.1, 0.15) is 5.70 Å². The minimum atomic E-state index is -0.401. The molecule has 0 aromatic heterocycles. The molecule has 0 heterocycles. The first-order valence-corrected chi connectivity index (χ1v) is 10.7. The minimum Gasteiger partial charge on any atom is -0.356 e. The van der Waals surface area contributed by atoms with E-state index in [0.717, 1.165) is 11.1 Å². The molecule has 0 spiro atoms. The molecule has 0 radical (unpaired) electrons. The second kappa shape index (κ2) is 14.3. The lowest BCUT2D eigenvalue weighted by Crippen LogP contribution is -2.35. The number of azide groups is 1. The molecule has 0 unspecified atom stereocenters. The normalized spacial score (nSPS) is 11.6. The van der Waals surface area contributed by atoms with Crippen LogP contribution >= 0.6 is 0 Å². The van der Waals surface area contributed by atoms with Crippen LogP contribution in [0.2, 0.25) is 0 Å². The number of ether oxygens (including phenoxy) is 2. The van der Waals surface area contributed by atoms with Gasteiger partial charge < -0.3 is 20.1 Å². The quantitative estimate of drug-likeness (QED) is 0.0886. The molecule has 9 heteroatoms. The molecule has 178 valence electrons. The lowest BCUT2D eigenvalue weighted by molar-refractivity contribution is -0.118. The van der Waals surface area contributed by atoms with Crippen molar-refractivity contribution in [2.45, 2.75) is 26.1 Å². The maximum atomic E-state index is 12.9. The highest BCUT2D eigenvalue weighted by Crippen LogP contribution is 2.16. The van der Waals surface area contributed by atoms with Crippen LogP contribution < -0.4 is 10.6 Å². The monoisotopic (exact) mass is 463 g/mol. The van der Waals surface area contributed by atoms with E-state index in [2.05, 4.69) is 20.7 Å². The van der Waals surface area contributed by atoms with Crippen LogP contribution in [0.5, 0.6) is 0 Å². The standard InChI is InChI=1S/C25H29N5O4/c1-18(16-19-11-13-21(14-12-19)29-30-26)17-22(28-24(31)20-8-5-4-6-9-20)25(32)27-15-7-10-23(33-2)34-3/h4-6,8-9,11-14,16-17,23H,7,10,15H2,1-3H3,(H,27,32)(H,28,31). The smallest absolute Gasteiger partial charge is 0.267 e. The summed E-state index contributed by atoms with van der Waals surface area (Å²) in [6, 6.07) is 15.7. The maximum Gasteiger partial charge on any atom is 0.267 e. The molecule has 0 bridgehead atoms. The Morgan fingerprint density at radius 1 is 1.09 bits per heavy atom. The topological polar surface area (TPSA) is 125 Å². The molecule has 0 aliphatic heterocycles. The van der Waals surface area contributed by atoms with Crippen LogP contribution in [0, 0.1) is 0 Å². The molecular formula is C25H29N5O4. The number of benzene rings is 2. The highest BCUT2D eigenvalue weighted by atomic mass is 16.7. The van der Waals surface area contributed by atoms with Crippen molar-refractivity contribution in [1.29, 1.82) is 0 Å². The molecule has 2 aromatic carbocycles. The zero-order valence-corrected chi connectivity index (χ0v) is 19.5. The van der Waals surface area contributed by atoms with Crippen molar-refractivity contribution in [3.05, 3.63) is 93.5 Å². The zero-order valence-electron chi connectivity index (χ0n) is 19.5. The predicted molar refractivity (Wildman–Crippen MR) is 131 cm³/mol. The summed E-state index contributed by atoms with van der Waals surface area (Å²) >= 11 is 0. The number of nitrogens with zero attached hydrogens (tertiary/aromatic N) is 3. The minimum absolute atomic E-state index is 0.128. The first kappa shape index (κ1) is 26.3. The van der Waals surface area contributed by atoms with Crippen LogP contribution in [-0.4, -0.2) is 38.9 Å². The Morgan fingerprint density at radius 3 is 2.38 bits per heavy atom. The van der Waals surface area contributed by atoms with Crippen LogP contribution in [0.3, 0.4) is 0 Å². The maximum absolute atomic E-state index is 12.9. The van der Waals surface area contributed by atoms with Gasteiger partial charge in [-0.1, -0.05) is 53.7 Å². The third-order valence-corrected chi connectivity index (χ3v) is 4.78. The molecule has 0 saturated heterocycles. The summed E-state index contributed by atoms with van der Waals surface area (Å²) in [6.45, 7) is 2.22. The largest absolute Gasteiger partial charge is 0.356 e. The van der Waals surface area contributed by atoms with Crippen LogP contribution in [-0.2, 0) is 14.3 Å². The van der Waals surface area contributed by atoms with Crippen LogP contribution in [0.4, 0.5) is 5.69 Å². The van der Waals surface area contributed by atoms with Crippen molar-refractivity contribution in [1.82, 2.24) is 10.6 Å². The molecule has 0 aliphatic carbocycles. The molecule has 0 aliphatic rings. The van der Waals surface area contributed by atoms with Gasteiger partial charge in [-0.25, -0.2) is 0 Å². The van der Waals surface area contributed by atoms with E-state index in [9.17, 15) is 9.59 Å². The number of carbonyl (C=O) groups excluding carboxylic acids is 2. The Labute approximate surface area is 199 Å². The van der Waals surface area contributed by atoms with E-state index < -0.39 is 5.91 Å². The van der Waals surface area contributed by atoms with E-state index in [1.807, 2.05) is 19.1 Å².